The van der Waals surface area contributed by atoms with Crippen LogP contribution >= 0.6 is 11.6 Å². The van der Waals surface area contributed by atoms with Crippen LogP contribution in [0.5, 0.6) is 5.75 Å². The van der Waals surface area contributed by atoms with Gasteiger partial charge in [-0.2, -0.15) is 0 Å². The summed E-state index contributed by atoms with van der Waals surface area (Å²) < 4.78 is 5.09. The largest absolute Gasteiger partial charge is 0.497 e. The Labute approximate surface area is 137 Å². The summed E-state index contributed by atoms with van der Waals surface area (Å²) in [5.74, 6) is 0.951. The highest BCUT2D eigenvalue weighted by Crippen LogP contribution is 2.19. The van der Waals surface area contributed by atoms with Gasteiger partial charge in [0.15, 0.2) is 5.69 Å². The topological polar surface area (TPSA) is 79.9 Å². The first kappa shape index (κ1) is 15.1. The SMILES string of the molecule is COc1ccc(-c2nnc(Nc3cccc(Cl)c3)[nH]c2=O)cc1. The summed E-state index contributed by atoms with van der Waals surface area (Å²) in [6.45, 7) is 0. The van der Waals surface area contributed by atoms with Crippen LogP contribution in [-0.4, -0.2) is 22.3 Å². The predicted molar refractivity (Wildman–Crippen MR) is 89.4 cm³/mol. The molecule has 3 aromatic rings. The van der Waals surface area contributed by atoms with E-state index in [0.29, 0.717) is 22.0 Å². The van der Waals surface area contributed by atoms with E-state index >= 15 is 0 Å². The molecule has 0 fully saturated rings. The Bertz CT molecular complexity index is 878. The molecule has 0 radical (unpaired) electrons. The number of H-pyrrole nitrogens is 1. The quantitative estimate of drug-likeness (QED) is 0.768. The number of methoxy groups -OCH3 is 1. The predicted octanol–water partition coefficient (Wildman–Crippen LogP) is 3.24. The third kappa shape index (κ3) is 3.49. The Balaban J connectivity index is 1.86. The number of aromatic nitrogens is 3. The highest BCUT2D eigenvalue weighted by atomic mass is 35.5. The minimum Gasteiger partial charge on any atom is -0.497 e. The van der Waals surface area contributed by atoms with Gasteiger partial charge in [0, 0.05) is 16.3 Å². The molecule has 6 nitrogen and oxygen atoms in total. The van der Waals surface area contributed by atoms with Gasteiger partial charge in [-0.05, 0) is 42.5 Å². The molecule has 0 aliphatic carbocycles. The lowest BCUT2D eigenvalue weighted by Gasteiger charge is -2.06. The second kappa shape index (κ2) is 6.50. The molecule has 0 aliphatic rings. The first-order chi connectivity index (χ1) is 11.2. The van der Waals surface area contributed by atoms with Gasteiger partial charge in [-0.1, -0.05) is 17.7 Å². The maximum absolute atomic E-state index is 12.2. The maximum atomic E-state index is 12.2. The standard InChI is InChI=1S/C16H13ClN4O2/c1-23-13-7-5-10(6-8-13)14-15(22)19-16(21-20-14)18-12-4-2-3-11(17)9-12/h2-9H,1H3,(H2,18,19,21,22). The third-order valence-electron chi connectivity index (χ3n) is 3.15. The minimum absolute atomic E-state index is 0.240. The van der Waals surface area contributed by atoms with Crippen LogP contribution in [0.4, 0.5) is 11.6 Å². The summed E-state index contributed by atoms with van der Waals surface area (Å²) in [7, 11) is 1.58. The fraction of sp³-hybridized carbons (Fsp3) is 0.0625. The van der Waals surface area contributed by atoms with Crippen molar-refractivity contribution in [1.82, 2.24) is 15.2 Å². The zero-order valence-corrected chi connectivity index (χ0v) is 13.0. The molecule has 2 aromatic carbocycles. The van der Waals surface area contributed by atoms with E-state index in [1.54, 1.807) is 49.6 Å². The molecule has 0 atom stereocenters. The zero-order valence-electron chi connectivity index (χ0n) is 12.2. The van der Waals surface area contributed by atoms with Crippen molar-refractivity contribution in [2.75, 3.05) is 12.4 Å². The Morgan fingerprint density at radius 3 is 2.57 bits per heavy atom. The van der Waals surface area contributed by atoms with E-state index in [1.165, 1.54) is 0 Å². The lowest BCUT2D eigenvalue weighted by atomic mass is 10.1. The van der Waals surface area contributed by atoms with Crippen molar-refractivity contribution < 1.29 is 4.74 Å². The highest BCUT2D eigenvalue weighted by Gasteiger charge is 2.08. The van der Waals surface area contributed by atoms with Gasteiger partial charge in [0.25, 0.3) is 5.56 Å². The van der Waals surface area contributed by atoms with E-state index in [1.807, 2.05) is 6.07 Å². The highest BCUT2D eigenvalue weighted by molar-refractivity contribution is 6.30. The van der Waals surface area contributed by atoms with Crippen LogP contribution in [-0.2, 0) is 0 Å². The number of hydrogen-bond donors (Lipinski definition) is 2. The number of ether oxygens (including phenoxy) is 1. The van der Waals surface area contributed by atoms with Crippen molar-refractivity contribution in [3.63, 3.8) is 0 Å². The molecule has 0 unspecified atom stereocenters. The van der Waals surface area contributed by atoms with E-state index in [2.05, 4.69) is 20.5 Å². The van der Waals surface area contributed by atoms with Crippen molar-refractivity contribution in [1.29, 1.82) is 0 Å². The van der Waals surface area contributed by atoms with E-state index in [0.717, 1.165) is 0 Å². The fourth-order valence-electron chi connectivity index (χ4n) is 2.03. The van der Waals surface area contributed by atoms with Gasteiger partial charge in [0.2, 0.25) is 5.95 Å². The molecule has 0 spiro atoms. The summed E-state index contributed by atoms with van der Waals surface area (Å²) in [5, 5.41) is 11.5. The van der Waals surface area contributed by atoms with Gasteiger partial charge in [0.1, 0.15) is 5.75 Å². The number of nitrogens with zero attached hydrogens (tertiary/aromatic N) is 2. The van der Waals surface area contributed by atoms with Crippen LogP contribution in [0.15, 0.2) is 53.3 Å². The first-order valence-electron chi connectivity index (χ1n) is 6.80. The monoisotopic (exact) mass is 328 g/mol. The summed E-state index contributed by atoms with van der Waals surface area (Å²) in [5.41, 5.74) is 1.27. The molecule has 0 bridgehead atoms. The Hall–Kier alpha value is -2.86. The molecule has 0 saturated carbocycles. The number of rotatable bonds is 4. The van der Waals surface area contributed by atoms with Crippen LogP contribution in [0.3, 0.4) is 0 Å². The molecular formula is C16H13ClN4O2. The lowest BCUT2D eigenvalue weighted by molar-refractivity contribution is 0.415. The van der Waals surface area contributed by atoms with Crippen LogP contribution in [0.25, 0.3) is 11.3 Å². The summed E-state index contributed by atoms with van der Waals surface area (Å²) >= 11 is 5.91. The van der Waals surface area contributed by atoms with E-state index < -0.39 is 0 Å². The minimum atomic E-state index is -0.338. The van der Waals surface area contributed by atoms with Gasteiger partial charge in [-0.15, -0.1) is 10.2 Å². The third-order valence-corrected chi connectivity index (χ3v) is 3.38. The number of hydrogen-bond acceptors (Lipinski definition) is 5. The van der Waals surface area contributed by atoms with Crippen molar-refractivity contribution in [3.8, 4) is 17.0 Å². The zero-order chi connectivity index (χ0) is 16.2. The fourth-order valence-corrected chi connectivity index (χ4v) is 2.22. The van der Waals surface area contributed by atoms with Gasteiger partial charge >= 0.3 is 0 Å². The summed E-state index contributed by atoms with van der Waals surface area (Å²) in [4.78, 5) is 14.9. The number of benzene rings is 2. The van der Waals surface area contributed by atoms with Gasteiger partial charge in [-0.3, -0.25) is 9.78 Å². The van der Waals surface area contributed by atoms with E-state index in [-0.39, 0.29) is 17.2 Å². The summed E-state index contributed by atoms with van der Waals surface area (Å²) in [6, 6.07) is 14.1. The Morgan fingerprint density at radius 1 is 1.13 bits per heavy atom. The molecule has 1 heterocycles. The van der Waals surface area contributed by atoms with Crippen LogP contribution in [0.2, 0.25) is 5.02 Å². The summed E-state index contributed by atoms with van der Waals surface area (Å²) in [6.07, 6.45) is 0. The van der Waals surface area contributed by atoms with Crippen LogP contribution in [0, 0.1) is 0 Å². The average molecular weight is 329 g/mol. The molecule has 3 rings (SSSR count). The van der Waals surface area contributed by atoms with E-state index in [4.69, 9.17) is 16.3 Å². The molecule has 1 aromatic heterocycles. The number of aromatic amines is 1. The number of anilines is 2. The molecule has 0 amide bonds. The Kier molecular flexibility index (Phi) is 4.25. The second-order valence-corrected chi connectivity index (χ2v) is 5.15. The average Bonchev–Trinajstić information content (AvgIpc) is 2.55. The Morgan fingerprint density at radius 2 is 1.91 bits per heavy atom. The second-order valence-electron chi connectivity index (χ2n) is 4.72. The molecule has 23 heavy (non-hydrogen) atoms. The lowest BCUT2D eigenvalue weighted by Crippen LogP contribution is -2.15. The smallest absolute Gasteiger partial charge is 0.279 e. The number of nitrogens with one attached hydrogen (secondary N) is 2. The van der Waals surface area contributed by atoms with Crippen molar-refractivity contribution in [2.45, 2.75) is 0 Å². The van der Waals surface area contributed by atoms with Crippen molar-refractivity contribution in [2.24, 2.45) is 0 Å². The maximum Gasteiger partial charge on any atom is 0.279 e. The molecule has 0 saturated heterocycles. The van der Waals surface area contributed by atoms with Gasteiger partial charge < -0.3 is 10.1 Å². The van der Waals surface area contributed by atoms with E-state index in [9.17, 15) is 4.79 Å². The molecule has 7 heteroatoms. The van der Waals surface area contributed by atoms with Gasteiger partial charge in [-0.25, -0.2) is 0 Å². The van der Waals surface area contributed by atoms with Crippen molar-refractivity contribution in [3.05, 3.63) is 63.9 Å². The first-order valence-corrected chi connectivity index (χ1v) is 7.17. The molecular weight excluding hydrogens is 316 g/mol. The normalized spacial score (nSPS) is 10.3. The molecule has 2 N–H and O–H groups in total. The number of halogens is 1. The van der Waals surface area contributed by atoms with Crippen molar-refractivity contribution >= 4 is 23.2 Å². The molecule has 0 aliphatic heterocycles. The molecule has 116 valence electrons. The van der Waals surface area contributed by atoms with Crippen LogP contribution < -0.4 is 15.6 Å². The van der Waals surface area contributed by atoms with Crippen LogP contribution in [0.1, 0.15) is 0 Å². The van der Waals surface area contributed by atoms with Gasteiger partial charge in [0.05, 0.1) is 7.11 Å².